The molecule has 2 saturated carbocycles. The highest BCUT2D eigenvalue weighted by Gasteiger charge is 2.65. The van der Waals surface area contributed by atoms with E-state index in [1.165, 1.54) is 6.42 Å². The van der Waals surface area contributed by atoms with Crippen LogP contribution in [-0.4, -0.2) is 16.2 Å². The van der Waals surface area contributed by atoms with Crippen LogP contribution in [0.4, 0.5) is 0 Å². The fourth-order valence-electron chi connectivity index (χ4n) is 3.35. The first-order chi connectivity index (χ1) is 8.16. The molecule has 0 bridgehead atoms. The average Bonchev–Trinajstić information content (AvgIpc) is 2.92. The van der Waals surface area contributed by atoms with Gasteiger partial charge < -0.3 is 10.2 Å². The highest BCUT2D eigenvalue weighted by atomic mass is 16.4. The number of aromatic hydroxyl groups is 1. The number of benzene rings is 1. The highest BCUT2D eigenvalue weighted by Crippen LogP contribution is 2.65. The summed E-state index contributed by atoms with van der Waals surface area (Å²) in [5, 5.41) is 19.2. The summed E-state index contributed by atoms with van der Waals surface area (Å²) >= 11 is 0. The van der Waals surface area contributed by atoms with Gasteiger partial charge in [0.05, 0.1) is 5.92 Å². The minimum atomic E-state index is -0.722. The molecule has 2 unspecified atom stereocenters. The number of carbonyl (C=O) groups is 1. The molecule has 2 N–H and O–H groups in total. The molecule has 0 heterocycles. The topological polar surface area (TPSA) is 57.5 Å². The molecule has 17 heavy (non-hydrogen) atoms. The molecule has 1 aromatic rings. The quantitative estimate of drug-likeness (QED) is 0.842. The van der Waals surface area contributed by atoms with Crippen LogP contribution in [0.3, 0.4) is 0 Å². The van der Waals surface area contributed by atoms with Gasteiger partial charge in [0, 0.05) is 11.0 Å². The third-order valence-electron chi connectivity index (χ3n) is 4.54. The van der Waals surface area contributed by atoms with Gasteiger partial charge in [0.15, 0.2) is 0 Å². The van der Waals surface area contributed by atoms with Gasteiger partial charge in [-0.15, -0.1) is 0 Å². The van der Waals surface area contributed by atoms with Gasteiger partial charge in [0.1, 0.15) is 5.75 Å². The number of para-hydroxylation sites is 1. The molecule has 0 aliphatic heterocycles. The Bertz CT molecular complexity index is 464. The monoisotopic (exact) mass is 232 g/mol. The van der Waals surface area contributed by atoms with Crippen molar-refractivity contribution < 1.29 is 15.0 Å². The summed E-state index contributed by atoms with van der Waals surface area (Å²) in [7, 11) is 0. The molecule has 2 aliphatic carbocycles. The zero-order valence-electron chi connectivity index (χ0n) is 9.60. The summed E-state index contributed by atoms with van der Waals surface area (Å²) in [6, 6.07) is 7.21. The van der Waals surface area contributed by atoms with Crippen molar-refractivity contribution >= 4 is 5.97 Å². The van der Waals surface area contributed by atoms with Crippen molar-refractivity contribution in [2.24, 2.45) is 11.8 Å². The summed E-state index contributed by atoms with van der Waals surface area (Å²) in [5.74, 6) is -0.332. The van der Waals surface area contributed by atoms with Crippen molar-refractivity contribution in [1.82, 2.24) is 0 Å². The van der Waals surface area contributed by atoms with Gasteiger partial charge in [-0.05, 0) is 31.2 Å². The first kappa shape index (κ1) is 10.6. The van der Waals surface area contributed by atoms with Crippen molar-refractivity contribution in [3.8, 4) is 5.75 Å². The van der Waals surface area contributed by atoms with E-state index in [4.69, 9.17) is 0 Å². The molecular weight excluding hydrogens is 216 g/mol. The third kappa shape index (κ3) is 1.38. The Morgan fingerprint density at radius 1 is 1.29 bits per heavy atom. The Labute approximate surface area is 100 Å². The molecular formula is C14H16O3. The van der Waals surface area contributed by atoms with Crippen molar-refractivity contribution in [2.45, 2.75) is 31.1 Å². The van der Waals surface area contributed by atoms with Crippen LogP contribution in [-0.2, 0) is 10.2 Å². The lowest BCUT2D eigenvalue weighted by Crippen LogP contribution is -2.30. The second kappa shape index (κ2) is 3.49. The van der Waals surface area contributed by atoms with E-state index in [9.17, 15) is 15.0 Å². The van der Waals surface area contributed by atoms with Gasteiger partial charge in [-0.3, -0.25) is 4.79 Å². The Balaban J connectivity index is 2.01. The zero-order valence-corrected chi connectivity index (χ0v) is 9.60. The van der Waals surface area contributed by atoms with Gasteiger partial charge in [-0.1, -0.05) is 24.6 Å². The van der Waals surface area contributed by atoms with Crippen molar-refractivity contribution in [3.05, 3.63) is 29.8 Å². The Kier molecular flexibility index (Phi) is 2.18. The predicted octanol–water partition coefficient (Wildman–Crippen LogP) is 2.53. The van der Waals surface area contributed by atoms with Crippen molar-refractivity contribution in [3.63, 3.8) is 0 Å². The number of carboxylic acids is 1. The summed E-state index contributed by atoms with van der Waals surface area (Å²) in [6.07, 6.45) is 4.06. The normalized spacial score (nSPS) is 31.9. The molecule has 0 amide bonds. The van der Waals surface area contributed by atoms with Crippen LogP contribution in [0.1, 0.15) is 31.2 Å². The molecule has 0 radical (unpaired) electrons. The SMILES string of the molecule is O=C(O)C1CC1(c1ccccc1O)C1CCC1. The summed E-state index contributed by atoms with van der Waals surface area (Å²) in [4.78, 5) is 11.2. The summed E-state index contributed by atoms with van der Waals surface area (Å²) in [5.41, 5.74) is 0.562. The molecule has 0 saturated heterocycles. The molecule has 0 aromatic heterocycles. The van der Waals surface area contributed by atoms with Gasteiger partial charge in [-0.2, -0.15) is 0 Å². The van der Waals surface area contributed by atoms with E-state index in [-0.39, 0.29) is 17.1 Å². The van der Waals surface area contributed by atoms with Gasteiger partial charge in [0.25, 0.3) is 0 Å². The lowest BCUT2D eigenvalue weighted by atomic mass is 9.69. The van der Waals surface area contributed by atoms with E-state index < -0.39 is 5.97 Å². The number of hydrogen-bond donors (Lipinski definition) is 2. The fourth-order valence-corrected chi connectivity index (χ4v) is 3.35. The average molecular weight is 232 g/mol. The van der Waals surface area contributed by atoms with Crippen molar-refractivity contribution in [2.75, 3.05) is 0 Å². The Morgan fingerprint density at radius 3 is 2.47 bits per heavy atom. The predicted molar refractivity (Wildman–Crippen MR) is 62.9 cm³/mol. The molecule has 1 aromatic carbocycles. The maximum atomic E-state index is 11.2. The fraction of sp³-hybridized carbons (Fsp3) is 0.500. The number of phenolic OH excluding ortho intramolecular Hbond substituents is 1. The maximum absolute atomic E-state index is 11.2. The lowest BCUT2D eigenvalue weighted by molar-refractivity contribution is -0.139. The van der Waals surface area contributed by atoms with E-state index in [1.54, 1.807) is 12.1 Å². The first-order valence-electron chi connectivity index (χ1n) is 6.17. The van der Waals surface area contributed by atoms with Gasteiger partial charge in [-0.25, -0.2) is 0 Å². The number of phenols is 1. The van der Waals surface area contributed by atoms with E-state index >= 15 is 0 Å². The molecule has 3 nitrogen and oxygen atoms in total. The van der Waals surface area contributed by atoms with E-state index in [1.807, 2.05) is 12.1 Å². The van der Waals surface area contributed by atoms with E-state index in [2.05, 4.69) is 0 Å². The van der Waals surface area contributed by atoms with Gasteiger partial charge >= 0.3 is 5.97 Å². The largest absolute Gasteiger partial charge is 0.508 e. The lowest BCUT2D eigenvalue weighted by Gasteiger charge is -2.35. The van der Waals surface area contributed by atoms with Crippen LogP contribution in [0, 0.1) is 11.8 Å². The second-order valence-electron chi connectivity index (χ2n) is 5.28. The number of carboxylic acid groups (broad SMARTS) is 1. The van der Waals surface area contributed by atoms with E-state index in [0.29, 0.717) is 12.3 Å². The number of hydrogen-bond acceptors (Lipinski definition) is 2. The first-order valence-corrected chi connectivity index (χ1v) is 6.17. The van der Waals surface area contributed by atoms with Crippen LogP contribution in [0.25, 0.3) is 0 Å². The maximum Gasteiger partial charge on any atom is 0.307 e. The molecule has 2 aliphatic rings. The standard InChI is InChI=1S/C14H16O3/c15-12-7-2-1-6-10(12)14(9-4-3-5-9)8-11(14)13(16)17/h1-2,6-7,9,11,15H,3-5,8H2,(H,16,17). The van der Waals surface area contributed by atoms with Crippen LogP contribution < -0.4 is 0 Å². The Morgan fingerprint density at radius 2 is 2.00 bits per heavy atom. The number of aliphatic carboxylic acids is 1. The van der Waals surface area contributed by atoms with Crippen LogP contribution in [0.15, 0.2) is 24.3 Å². The zero-order chi connectivity index (χ0) is 12.0. The smallest absolute Gasteiger partial charge is 0.307 e. The van der Waals surface area contributed by atoms with E-state index in [0.717, 1.165) is 18.4 Å². The minimum Gasteiger partial charge on any atom is -0.508 e. The minimum absolute atomic E-state index is 0.253. The molecule has 2 fully saturated rings. The van der Waals surface area contributed by atoms with Crippen LogP contribution >= 0.6 is 0 Å². The highest BCUT2D eigenvalue weighted by molar-refractivity contribution is 5.78. The van der Waals surface area contributed by atoms with Crippen LogP contribution in [0.2, 0.25) is 0 Å². The Hall–Kier alpha value is -1.51. The third-order valence-corrected chi connectivity index (χ3v) is 4.54. The summed E-state index contributed by atoms with van der Waals surface area (Å²) in [6.45, 7) is 0. The van der Waals surface area contributed by atoms with Crippen LogP contribution in [0.5, 0.6) is 5.75 Å². The molecule has 3 rings (SSSR count). The van der Waals surface area contributed by atoms with Crippen molar-refractivity contribution in [1.29, 1.82) is 0 Å². The molecule has 3 heteroatoms. The second-order valence-corrected chi connectivity index (χ2v) is 5.28. The molecule has 90 valence electrons. The molecule has 2 atom stereocenters. The number of rotatable bonds is 3. The summed E-state index contributed by atoms with van der Waals surface area (Å²) < 4.78 is 0. The van der Waals surface area contributed by atoms with Gasteiger partial charge in [0.2, 0.25) is 0 Å². The molecule has 0 spiro atoms.